The molecule has 0 heterocycles. The lowest BCUT2D eigenvalue weighted by Gasteiger charge is -2.39. The van der Waals surface area contributed by atoms with E-state index in [-0.39, 0.29) is 5.78 Å². The van der Waals surface area contributed by atoms with E-state index in [1.807, 2.05) is 52.0 Å². The molecule has 2 unspecified atom stereocenters. The van der Waals surface area contributed by atoms with Crippen molar-refractivity contribution in [1.29, 1.82) is 0 Å². The molecule has 0 aliphatic carbocycles. The molecule has 4 N–H and O–H groups in total. The number of hydrogen-bond acceptors (Lipinski definition) is 5. The van der Waals surface area contributed by atoms with E-state index < -0.39 is 10.8 Å². The number of hydrazine groups is 2. The summed E-state index contributed by atoms with van der Waals surface area (Å²) in [7, 11) is 0. The standard InChI is InChI=1S/C35H34Cl6N6O/c1-5-34(3,32(42-25-15-17-27(38)29(40)19-25)46-44-23-11-7-21(36)8-12-23)31(48)35(4,6-2)33(43-26-16-18-28(39)30(41)20-26)47-45-24-13-9-22(37)10-14-24/h7-20,44-45H,5-6H2,1-4H3,(H,42,46)(H,43,47). The summed E-state index contributed by atoms with van der Waals surface area (Å²) >= 11 is 37.3. The van der Waals surface area contributed by atoms with Crippen molar-refractivity contribution < 1.29 is 4.79 Å². The number of nitrogens with zero attached hydrogens (tertiary/aromatic N) is 2. The van der Waals surface area contributed by atoms with Crippen LogP contribution in [0.15, 0.2) is 94.9 Å². The maximum atomic E-state index is 15.1. The molecule has 2 atom stereocenters. The zero-order chi connectivity index (χ0) is 35.1. The highest BCUT2D eigenvalue weighted by Gasteiger charge is 2.49. The molecule has 4 aromatic rings. The van der Waals surface area contributed by atoms with Crippen molar-refractivity contribution in [2.45, 2.75) is 40.5 Å². The predicted molar refractivity (Wildman–Crippen MR) is 205 cm³/mol. The number of carbonyl (C=O) groups excluding carboxylic acids is 1. The minimum atomic E-state index is -1.18. The molecule has 13 heteroatoms. The normalized spacial score (nSPS) is 14.5. The molecule has 252 valence electrons. The van der Waals surface area contributed by atoms with E-state index in [4.69, 9.17) is 79.6 Å². The summed E-state index contributed by atoms with van der Waals surface area (Å²) in [5.74, 6) is 0.540. The summed E-state index contributed by atoms with van der Waals surface area (Å²) in [5.41, 5.74) is 12.8. The Labute approximate surface area is 311 Å². The summed E-state index contributed by atoms with van der Waals surface area (Å²) in [6, 6.07) is 24.3. The third-order valence-electron chi connectivity index (χ3n) is 8.09. The van der Waals surface area contributed by atoms with Gasteiger partial charge in [-0.25, -0.2) is 9.98 Å². The van der Waals surface area contributed by atoms with E-state index in [0.29, 0.717) is 77.4 Å². The maximum Gasteiger partial charge on any atom is 0.159 e. The van der Waals surface area contributed by atoms with Gasteiger partial charge in [0, 0.05) is 10.0 Å². The Morgan fingerprint density at radius 3 is 1.23 bits per heavy atom. The van der Waals surface area contributed by atoms with Gasteiger partial charge in [-0.05, 0) is 112 Å². The fraction of sp³-hybridized carbons (Fsp3) is 0.229. The molecule has 0 amide bonds. The van der Waals surface area contributed by atoms with Crippen molar-refractivity contribution in [3.8, 4) is 0 Å². The molecule has 0 fully saturated rings. The third kappa shape index (κ3) is 9.08. The number of carbonyl (C=O) groups is 1. The molecule has 0 aliphatic heterocycles. The van der Waals surface area contributed by atoms with Crippen molar-refractivity contribution >= 4 is 110 Å². The highest BCUT2D eigenvalue weighted by molar-refractivity contribution is 6.42. The first-order valence-electron chi connectivity index (χ1n) is 15.0. The van der Waals surface area contributed by atoms with Crippen LogP contribution in [0.2, 0.25) is 30.1 Å². The average molecular weight is 767 g/mol. The smallest absolute Gasteiger partial charge is 0.159 e. The highest BCUT2D eigenvalue weighted by Crippen LogP contribution is 2.39. The average Bonchev–Trinajstić information content (AvgIpc) is 3.08. The first-order valence-corrected chi connectivity index (χ1v) is 17.2. The molecule has 48 heavy (non-hydrogen) atoms. The number of hydrogen-bond donors (Lipinski definition) is 4. The Hall–Kier alpha value is -3.17. The van der Waals surface area contributed by atoms with Gasteiger partial charge in [-0.1, -0.05) is 83.5 Å². The van der Waals surface area contributed by atoms with Crippen LogP contribution in [0.3, 0.4) is 0 Å². The topological polar surface area (TPSA) is 89.9 Å². The van der Waals surface area contributed by atoms with Gasteiger partial charge in [0.25, 0.3) is 0 Å². The van der Waals surface area contributed by atoms with Crippen LogP contribution < -0.4 is 21.7 Å². The summed E-state index contributed by atoms with van der Waals surface area (Å²) in [6.07, 6.45) is 0.753. The van der Waals surface area contributed by atoms with Gasteiger partial charge < -0.3 is 0 Å². The molecule has 4 aromatic carbocycles. The second kappa shape index (κ2) is 16.5. The van der Waals surface area contributed by atoms with Gasteiger partial charge in [0.15, 0.2) is 5.78 Å². The van der Waals surface area contributed by atoms with Crippen molar-refractivity contribution in [2.24, 2.45) is 20.8 Å². The minimum absolute atomic E-state index is 0.159. The monoisotopic (exact) mass is 764 g/mol. The lowest BCUT2D eigenvalue weighted by molar-refractivity contribution is -0.131. The van der Waals surface area contributed by atoms with Crippen molar-refractivity contribution in [2.75, 3.05) is 10.9 Å². The van der Waals surface area contributed by atoms with Crippen LogP contribution in [0, 0.1) is 10.8 Å². The molecule has 0 saturated carbocycles. The number of halogens is 6. The van der Waals surface area contributed by atoms with Crippen LogP contribution >= 0.6 is 69.6 Å². The van der Waals surface area contributed by atoms with Crippen LogP contribution in [0.5, 0.6) is 0 Å². The largest absolute Gasteiger partial charge is 0.300 e. The molecular weight excluding hydrogens is 733 g/mol. The van der Waals surface area contributed by atoms with Crippen LogP contribution in [-0.2, 0) is 4.79 Å². The van der Waals surface area contributed by atoms with Gasteiger partial charge in [0.05, 0.1) is 53.7 Å². The number of aliphatic imine (C=N–C) groups is 2. The molecule has 0 spiro atoms. The molecule has 0 bridgehead atoms. The van der Waals surface area contributed by atoms with Gasteiger partial charge in [0.1, 0.15) is 11.7 Å². The zero-order valence-corrected chi connectivity index (χ0v) is 31.1. The van der Waals surface area contributed by atoms with Crippen molar-refractivity contribution in [3.05, 3.63) is 115 Å². The van der Waals surface area contributed by atoms with Gasteiger partial charge in [0.2, 0.25) is 0 Å². The zero-order valence-electron chi connectivity index (χ0n) is 26.6. The second-order valence-corrected chi connectivity index (χ2v) is 13.8. The maximum absolute atomic E-state index is 15.1. The van der Waals surface area contributed by atoms with Gasteiger partial charge in [-0.2, -0.15) is 0 Å². The molecular formula is C35H34Cl6N6O. The Balaban J connectivity index is 1.82. The van der Waals surface area contributed by atoms with Crippen LogP contribution in [-0.4, -0.2) is 17.5 Å². The van der Waals surface area contributed by atoms with Gasteiger partial charge in [-0.15, -0.1) is 0 Å². The lowest BCUT2D eigenvalue weighted by Crippen LogP contribution is -2.56. The van der Waals surface area contributed by atoms with E-state index in [1.54, 1.807) is 60.7 Å². The Morgan fingerprint density at radius 2 is 0.917 bits per heavy atom. The van der Waals surface area contributed by atoms with Crippen LogP contribution in [0.1, 0.15) is 40.5 Å². The summed E-state index contributed by atoms with van der Waals surface area (Å²) < 4.78 is 0. The predicted octanol–water partition coefficient (Wildman–Crippen LogP) is 12.0. The number of ketones is 1. The molecule has 4 rings (SSSR count). The van der Waals surface area contributed by atoms with Crippen LogP contribution in [0.25, 0.3) is 0 Å². The van der Waals surface area contributed by atoms with E-state index in [0.717, 1.165) is 0 Å². The molecule has 0 aromatic heterocycles. The SMILES string of the molecule is CCC(C)(C(=O)C(C)(CC)C(=Nc1ccc(Cl)c(Cl)c1)NNc1ccc(Cl)cc1)C(=Nc1ccc(Cl)c(Cl)c1)NNc1ccc(Cl)cc1. The fourth-order valence-corrected chi connectivity index (χ4v) is 5.59. The van der Waals surface area contributed by atoms with E-state index in [9.17, 15) is 0 Å². The van der Waals surface area contributed by atoms with Crippen molar-refractivity contribution in [1.82, 2.24) is 10.9 Å². The Kier molecular flexibility index (Phi) is 12.9. The summed E-state index contributed by atoms with van der Waals surface area (Å²) in [5, 5.41) is 2.62. The van der Waals surface area contributed by atoms with E-state index in [1.165, 1.54) is 0 Å². The van der Waals surface area contributed by atoms with Gasteiger partial charge in [-0.3, -0.25) is 26.5 Å². The molecule has 0 aliphatic rings. The number of rotatable bonds is 12. The quantitative estimate of drug-likeness (QED) is 0.0655. The fourth-order valence-electron chi connectivity index (χ4n) is 4.76. The Bertz CT molecular complexity index is 1680. The van der Waals surface area contributed by atoms with Crippen LogP contribution in [0.4, 0.5) is 22.7 Å². The third-order valence-corrected chi connectivity index (χ3v) is 10.1. The number of benzene rings is 4. The van der Waals surface area contributed by atoms with Gasteiger partial charge >= 0.3 is 0 Å². The number of nitrogens with one attached hydrogen (secondary N) is 4. The lowest BCUT2D eigenvalue weighted by atomic mass is 9.67. The van der Waals surface area contributed by atoms with Crippen molar-refractivity contribution in [3.63, 3.8) is 0 Å². The first kappa shape index (κ1) is 37.6. The number of amidine groups is 2. The number of Topliss-reactive ketones (excluding diaryl/α,β-unsaturated/α-hetero) is 1. The van der Waals surface area contributed by atoms with E-state index in [2.05, 4.69) is 21.7 Å². The summed E-state index contributed by atoms with van der Waals surface area (Å²) in [4.78, 5) is 24.9. The number of anilines is 2. The molecule has 7 nitrogen and oxygen atoms in total. The second-order valence-electron chi connectivity index (χ2n) is 11.3. The molecule has 0 saturated heterocycles. The summed E-state index contributed by atoms with van der Waals surface area (Å²) in [6.45, 7) is 7.55. The Morgan fingerprint density at radius 1 is 0.562 bits per heavy atom. The first-order chi connectivity index (χ1) is 22.8. The van der Waals surface area contributed by atoms with E-state index >= 15 is 4.79 Å². The highest BCUT2D eigenvalue weighted by atomic mass is 35.5. The molecule has 0 radical (unpaired) electrons. The minimum Gasteiger partial charge on any atom is -0.300 e.